The molecule has 0 saturated carbocycles. The zero-order valence-corrected chi connectivity index (χ0v) is 10.1. The van der Waals surface area contributed by atoms with E-state index >= 15 is 0 Å². The topological polar surface area (TPSA) is 0 Å². The Labute approximate surface area is 107 Å². The van der Waals surface area contributed by atoms with Crippen LogP contribution in [0.15, 0.2) is 73.3 Å². The molecule has 0 fully saturated rings. The molecule has 3 rings (SSSR count). The summed E-state index contributed by atoms with van der Waals surface area (Å²) >= 11 is 0. The Morgan fingerprint density at radius 3 is 2.22 bits per heavy atom. The van der Waals surface area contributed by atoms with Crippen molar-refractivity contribution >= 4 is 16.8 Å². The maximum Gasteiger partial charge on any atom is -0.0105 e. The van der Waals surface area contributed by atoms with Gasteiger partial charge in [0.2, 0.25) is 0 Å². The van der Waals surface area contributed by atoms with Crippen LogP contribution in [-0.2, 0) is 0 Å². The van der Waals surface area contributed by atoms with E-state index in [9.17, 15) is 0 Å². The van der Waals surface area contributed by atoms with Crippen molar-refractivity contribution in [2.45, 2.75) is 0 Å². The summed E-state index contributed by atoms with van der Waals surface area (Å²) in [7, 11) is 0. The Morgan fingerprint density at radius 1 is 0.722 bits per heavy atom. The molecule has 3 aromatic rings. The van der Waals surface area contributed by atoms with Gasteiger partial charge in [0, 0.05) is 0 Å². The van der Waals surface area contributed by atoms with Gasteiger partial charge >= 0.3 is 0 Å². The predicted molar refractivity (Wildman–Crippen MR) is 79.5 cm³/mol. The van der Waals surface area contributed by atoms with E-state index in [1.807, 2.05) is 6.08 Å². The Balaban J connectivity index is 2.21. The second-order valence-corrected chi connectivity index (χ2v) is 4.35. The number of benzene rings is 3. The fraction of sp³-hybridized carbons (Fsp3) is 0. The summed E-state index contributed by atoms with van der Waals surface area (Å²) in [6, 6.07) is 23.4. The van der Waals surface area contributed by atoms with Crippen LogP contribution >= 0.6 is 0 Å². The van der Waals surface area contributed by atoms with Gasteiger partial charge in [-0.1, -0.05) is 79.4 Å². The van der Waals surface area contributed by atoms with Crippen molar-refractivity contribution in [2.24, 2.45) is 0 Å². The number of hydrogen-bond donors (Lipinski definition) is 0. The second kappa shape index (κ2) is 4.50. The molecular formula is C18H14. The molecule has 0 radical (unpaired) electrons. The highest BCUT2D eigenvalue weighted by Crippen LogP contribution is 2.28. The van der Waals surface area contributed by atoms with Gasteiger partial charge < -0.3 is 0 Å². The van der Waals surface area contributed by atoms with Gasteiger partial charge in [-0.2, -0.15) is 0 Å². The number of fused-ring (bicyclic) bond motifs is 1. The first-order valence-corrected chi connectivity index (χ1v) is 6.09. The molecule has 0 unspecified atom stereocenters. The van der Waals surface area contributed by atoms with Gasteiger partial charge in [0.25, 0.3) is 0 Å². The molecule has 0 aliphatic rings. The van der Waals surface area contributed by atoms with Crippen molar-refractivity contribution in [3.8, 4) is 11.1 Å². The molecule has 0 heterocycles. The van der Waals surface area contributed by atoms with E-state index in [1.54, 1.807) is 0 Å². The molecule has 3 aromatic carbocycles. The minimum atomic E-state index is 1.15. The minimum absolute atomic E-state index is 1.15. The average Bonchev–Trinajstić information content (AvgIpc) is 2.47. The van der Waals surface area contributed by atoms with E-state index in [4.69, 9.17) is 0 Å². The smallest absolute Gasteiger partial charge is 0.0105 e. The van der Waals surface area contributed by atoms with E-state index in [0.717, 1.165) is 5.56 Å². The third-order valence-electron chi connectivity index (χ3n) is 3.25. The molecule has 0 N–H and O–H groups in total. The molecule has 18 heavy (non-hydrogen) atoms. The van der Waals surface area contributed by atoms with Crippen LogP contribution in [0.5, 0.6) is 0 Å². The molecule has 0 saturated heterocycles. The van der Waals surface area contributed by atoms with Gasteiger partial charge in [-0.25, -0.2) is 0 Å². The van der Waals surface area contributed by atoms with Crippen LogP contribution in [0.4, 0.5) is 0 Å². The summed E-state index contributed by atoms with van der Waals surface area (Å²) in [6.45, 7) is 3.78. The van der Waals surface area contributed by atoms with E-state index in [-0.39, 0.29) is 0 Å². The van der Waals surface area contributed by atoms with Gasteiger partial charge in [-0.15, -0.1) is 0 Å². The van der Waals surface area contributed by atoms with Gasteiger partial charge in [0.1, 0.15) is 0 Å². The first-order valence-electron chi connectivity index (χ1n) is 6.09. The first-order chi connectivity index (χ1) is 8.88. The van der Waals surface area contributed by atoms with E-state index in [0.29, 0.717) is 0 Å². The second-order valence-electron chi connectivity index (χ2n) is 4.35. The molecule has 0 nitrogen and oxygen atoms in total. The zero-order valence-electron chi connectivity index (χ0n) is 10.1. The summed E-state index contributed by atoms with van der Waals surface area (Å²) in [6.07, 6.45) is 1.87. The fourth-order valence-electron chi connectivity index (χ4n) is 2.28. The molecule has 0 aliphatic carbocycles. The normalized spacial score (nSPS) is 10.4. The lowest BCUT2D eigenvalue weighted by molar-refractivity contribution is 1.63. The molecule has 0 bridgehead atoms. The minimum Gasteiger partial charge on any atom is -0.0985 e. The van der Waals surface area contributed by atoms with Gasteiger partial charge in [-0.05, 0) is 27.5 Å². The van der Waals surface area contributed by atoms with Crippen molar-refractivity contribution in [1.29, 1.82) is 0 Å². The highest BCUT2D eigenvalue weighted by atomic mass is 14.1. The van der Waals surface area contributed by atoms with Gasteiger partial charge in [0.15, 0.2) is 0 Å². The first kappa shape index (κ1) is 10.8. The van der Waals surface area contributed by atoms with Crippen LogP contribution < -0.4 is 0 Å². The summed E-state index contributed by atoms with van der Waals surface area (Å²) in [5.41, 5.74) is 3.68. The zero-order chi connectivity index (χ0) is 12.4. The summed E-state index contributed by atoms with van der Waals surface area (Å²) in [5.74, 6) is 0. The van der Waals surface area contributed by atoms with E-state index in [1.165, 1.54) is 21.9 Å². The van der Waals surface area contributed by atoms with Crippen molar-refractivity contribution in [2.75, 3.05) is 0 Å². The molecular weight excluding hydrogens is 216 g/mol. The Hall–Kier alpha value is -2.34. The summed E-state index contributed by atoms with van der Waals surface area (Å²) < 4.78 is 0. The molecule has 86 valence electrons. The summed E-state index contributed by atoms with van der Waals surface area (Å²) in [4.78, 5) is 0. The fourth-order valence-corrected chi connectivity index (χ4v) is 2.28. The highest BCUT2D eigenvalue weighted by molar-refractivity contribution is 5.96. The van der Waals surface area contributed by atoms with Crippen LogP contribution in [0.3, 0.4) is 0 Å². The quantitative estimate of drug-likeness (QED) is 0.571. The van der Waals surface area contributed by atoms with Crippen LogP contribution in [0.25, 0.3) is 28.0 Å². The third-order valence-corrected chi connectivity index (χ3v) is 3.25. The SMILES string of the molecule is C=Cc1ccc(-c2cccc3ccccc23)cc1. The predicted octanol–water partition coefficient (Wildman–Crippen LogP) is 5.15. The third kappa shape index (κ3) is 1.82. The molecule has 0 heteroatoms. The van der Waals surface area contributed by atoms with E-state index < -0.39 is 0 Å². The van der Waals surface area contributed by atoms with Crippen molar-refractivity contribution in [3.05, 3.63) is 78.9 Å². The molecule has 0 aliphatic heterocycles. The monoisotopic (exact) mass is 230 g/mol. The number of hydrogen-bond acceptors (Lipinski definition) is 0. The molecule has 0 spiro atoms. The lowest BCUT2D eigenvalue weighted by atomic mass is 9.97. The maximum absolute atomic E-state index is 3.78. The lowest BCUT2D eigenvalue weighted by Crippen LogP contribution is -1.81. The molecule has 0 aromatic heterocycles. The highest BCUT2D eigenvalue weighted by Gasteiger charge is 2.02. The Morgan fingerprint density at radius 2 is 1.44 bits per heavy atom. The molecule has 0 atom stereocenters. The van der Waals surface area contributed by atoms with Crippen LogP contribution in [0, 0.1) is 0 Å². The van der Waals surface area contributed by atoms with Gasteiger partial charge in [0.05, 0.1) is 0 Å². The van der Waals surface area contributed by atoms with Crippen LogP contribution in [0.2, 0.25) is 0 Å². The molecule has 0 amide bonds. The van der Waals surface area contributed by atoms with Crippen LogP contribution in [0.1, 0.15) is 5.56 Å². The Kier molecular flexibility index (Phi) is 2.70. The largest absolute Gasteiger partial charge is 0.0985 e. The maximum atomic E-state index is 3.78. The Bertz CT molecular complexity index is 685. The standard InChI is InChI=1S/C18H14/c1-2-14-10-12-16(13-11-14)18-9-5-7-15-6-3-4-8-17(15)18/h2-13H,1H2. The van der Waals surface area contributed by atoms with Crippen molar-refractivity contribution in [3.63, 3.8) is 0 Å². The van der Waals surface area contributed by atoms with Gasteiger partial charge in [-0.3, -0.25) is 0 Å². The number of rotatable bonds is 2. The summed E-state index contributed by atoms with van der Waals surface area (Å²) in [5, 5.41) is 2.58. The van der Waals surface area contributed by atoms with Crippen molar-refractivity contribution < 1.29 is 0 Å². The van der Waals surface area contributed by atoms with Crippen molar-refractivity contribution in [1.82, 2.24) is 0 Å². The van der Waals surface area contributed by atoms with Crippen LogP contribution in [-0.4, -0.2) is 0 Å². The van der Waals surface area contributed by atoms with E-state index in [2.05, 4.69) is 73.3 Å². The lowest BCUT2D eigenvalue weighted by Gasteiger charge is -2.07. The average molecular weight is 230 g/mol.